The van der Waals surface area contributed by atoms with Crippen LogP contribution in [0.1, 0.15) is 48.7 Å². The Morgan fingerprint density at radius 2 is 1.86 bits per heavy atom. The quantitative estimate of drug-likeness (QED) is 0.929. The Labute approximate surface area is 134 Å². The maximum atomic E-state index is 12.5. The number of aryl methyl sites for hydroxylation is 2. The predicted molar refractivity (Wildman–Crippen MR) is 87.9 cm³/mol. The highest BCUT2D eigenvalue weighted by atomic mass is 32.2. The Balaban J connectivity index is 1.85. The number of sulfonamides is 1. The van der Waals surface area contributed by atoms with E-state index in [4.69, 9.17) is 0 Å². The summed E-state index contributed by atoms with van der Waals surface area (Å²) >= 11 is 1.28. The molecule has 0 fully saturated rings. The van der Waals surface area contributed by atoms with Crippen LogP contribution < -0.4 is 4.72 Å². The van der Waals surface area contributed by atoms with Gasteiger partial charge in [0.25, 0.3) is 10.0 Å². The van der Waals surface area contributed by atoms with Crippen LogP contribution in [-0.2, 0) is 22.9 Å². The third-order valence-electron chi connectivity index (χ3n) is 3.79. The molecule has 0 bridgehead atoms. The lowest BCUT2D eigenvalue weighted by Crippen LogP contribution is -2.14. The normalized spacial score (nSPS) is 14.9. The fourth-order valence-electron chi connectivity index (χ4n) is 2.56. The Hall–Kier alpha value is -1.47. The van der Waals surface area contributed by atoms with E-state index in [1.807, 2.05) is 19.9 Å². The minimum absolute atomic E-state index is 0.236. The summed E-state index contributed by atoms with van der Waals surface area (Å²) in [6.45, 7) is 4.00. The fraction of sp³-hybridized carbons (Fsp3) is 0.467. The van der Waals surface area contributed by atoms with E-state index in [1.54, 1.807) is 12.1 Å². The van der Waals surface area contributed by atoms with E-state index in [0.717, 1.165) is 29.8 Å². The Bertz CT molecular complexity index is 782. The van der Waals surface area contributed by atoms with Crippen LogP contribution in [0.15, 0.2) is 23.1 Å². The molecule has 5 nitrogen and oxygen atoms in total. The van der Waals surface area contributed by atoms with Gasteiger partial charge in [0.2, 0.25) is 5.13 Å². The van der Waals surface area contributed by atoms with Gasteiger partial charge in [-0.3, -0.25) is 4.72 Å². The van der Waals surface area contributed by atoms with Crippen molar-refractivity contribution in [3.05, 3.63) is 34.3 Å². The van der Waals surface area contributed by atoms with Crippen molar-refractivity contribution in [3.63, 3.8) is 0 Å². The summed E-state index contributed by atoms with van der Waals surface area (Å²) in [7, 11) is -3.60. The van der Waals surface area contributed by atoms with E-state index >= 15 is 0 Å². The van der Waals surface area contributed by atoms with Gasteiger partial charge in [-0.15, -0.1) is 10.2 Å². The van der Waals surface area contributed by atoms with Crippen molar-refractivity contribution >= 4 is 26.5 Å². The monoisotopic (exact) mass is 337 g/mol. The van der Waals surface area contributed by atoms with Crippen molar-refractivity contribution in [1.82, 2.24) is 10.2 Å². The Morgan fingerprint density at radius 1 is 1.14 bits per heavy atom. The number of benzene rings is 1. The molecule has 1 N–H and O–H groups in total. The van der Waals surface area contributed by atoms with E-state index < -0.39 is 10.0 Å². The first-order valence-electron chi connectivity index (χ1n) is 7.44. The molecule has 22 heavy (non-hydrogen) atoms. The lowest BCUT2D eigenvalue weighted by Gasteiger charge is -2.16. The topological polar surface area (TPSA) is 72.0 Å². The molecular weight excluding hydrogens is 318 g/mol. The van der Waals surface area contributed by atoms with E-state index in [-0.39, 0.29) is 5.92 Å². The number of nitrogens with zero attached hydrogens (tertiary/aromatic N) is 2. The second kappa shape index (κ2) is 5.96. The summed E-state index contributed by atoms with van der Waals surface area (Å²) in [4.78, 5) is 0.300. The maximum absolute atomic E-state index is 12.5. The van der Waals surface area contributed by atoms with E-state index in [9.17, 15) is 8.42 Å². The zero-order chi connectivity index (χ0) is 15.7. The molecular formula is C15H19N3O2S2. The number of hydrogen-bond acceptors (Lipinski definition) is 5. The van der Waals surface area contributed by atoms with Crippen molar-refractivity contribution in [2.24, 2.45) is 0 Å². The number of fused-ring (bicyclic) bond motifs is 1. The number of aromatic nitrogens is 2. The molecule has 1 aliphatic rings. The zero-order valence-electron chi connectivity index (χ0n) is 12.7. The van der Waals surface area contributed by atoms with Crippen molar-refractivity contribution in [2.45, 2.75) is 50.3 Å². The zero-order valence-corrected chi connectivity index (χ0v) is 14.3. The van der Waals surface area contributed by atoms with Crippen molar-refractivity contribution in [1.29, 1.82) is 0 Å². The van der Waals surface area contributed by atoms with Crippen LogP contribution in [0.4, 0.5) is 5.13 Å². The molecule has 0 atom stereocenters. The highest BCUT2D eigenvalue weighted by Gasteiger charge is 2.20. The molecule has 2 aromatic rings. The van der Waals surface area contributed by atoms with E-state index in [1.165, 1.54) is 23.3 Å². The molecule has 1 aromatic heterocycles. The van der Waals surface area contributed by atoms with Gasteiger partial charge in [-0.1, -0.05) is 31.3 Å². The molecule has 7 heteroatoms. The van der Waals surface area contributed by atoms with Gasteiger partial charge < -0.3 is 0 Å². The van der Waals surface area contributed by atoms with Crippen LogP contribution in [0.25, 0.3) is 0 Å². The smallest absolute Gasteiger partial charge is 0.253 e. The second-order valence-electron chi connectivity index (χ2n) is 5.84. The third kappa shape index (κ3) is 3.15. The largest absolute Gasteiger partial charge is 0.263 e. The summed E-state index contributed by atoms with van der Waals surface area (Å²) < 4.78 is 27.5. The van der Waals surface area contributed by atoms with Crippen LogP contribution in [0.3, 0.4) is 0 Å². The molecule has 118 valence electrons. The molecule has 0 radical (unpaired) electrons. The van der Waals surface area contributed by atoms with Gasteiger partial charge in [0.1, 0.15) is 5.01 Å². The molecule has 0 saturated carbocycles. The molecule has 3 rings (SSSR count). The van der Waals surface area contributed by atoms with Gasteiger partial charge in [-0.2, -0.15) is 0 Å². The summed E-state index contributed by atoms with van der Waals surface area (Å²) in [5.74, 6) is 0.236. The second-order valence-corrected chi connectivity index (χ2v) is 8.53. The van der Waals surface area contributed by atoms with Crippen LogP contribution in [-0.4, -0.2) is 18.6 Å². The lowest BCUT2D eigenvalue weighted by molar-refractivity contribution is 0.600. The van der Waals surface area contributed by atoms with Gasteiger partial charge in [-0.25, -0.2) is 8.42 Å². The van der Waals surface area contributed by atoms with Crippen LogP contribution >= 0.6 is 11.3 Å². The summed E-state index contributed by atoms with van der Waals surface area (Å²) in [6, 6.07) is 5.40. The summed E-state index contributed by atoms with van der Waals surface area (Å²) in [6.07, 6.45) is 4.30. The number of anilines is 1. The first-order chi connectivity index (χ1) is 10.5. The minimum Gasteiger partial charge on any atom is -0.253 e. The highest BCUT2D eigenvalue weighted by Crippen LogP contribution is 2.27. The summed E-state index contributed by atoms with van der Waals surface area (Å²) in [5.41, 5.74) is 2.41. The SMILES string of the molecule is CC(C)c1nnc(NS(=O)(=O)c2ccc3c(c2)CCCC3)s1. The van der Waals surface area contributed by atoms with E-state index in [2.05, 4.69) is 14.9 Å². The Morgan fingerprint density at radius 3 is 2.55 bits per heavy atom. The standard InChI is InChI=1S/C15H19N3O2S2/c1-10(2)14-16-17-15(21-14)18-22(19,20)13-8-7-11-5-3-4-6-12(11)9-13/h7-10H,3-6H2,1-2H3,(H,17,18). The lowest BCUT2D eigenvalue weighted by atomic mass is 9.92. The van der Waals surface area contributed by atoms with Crippen molar-refractivity contribution in [3.8, 4) is 0 Å². The van der Waals surface area contributed by atoms with Crippen LogP contribution in [0.5, 0.6) is 0 Å². The molecule has 0 saturated heterocycles. The molecule has 0 amide bonds. The highest BCUT2D eigenvalue weighted by molar-refractivity contribution is 7.93. The number of hydrogen-bond donors (Lipinski definition) is 1. The van der Waals surface area contributed by atoms with Gasteiger partial charge in [0, 0.05) is 5.92 Å². The molecule has 0 unspecified atom stereocenters. The number of nitrogens with one attached hydrogen (secondary N) is 1. The van der Waals surface area contributed by atoms with Crippen LogP contribution in [0.2, 0.25) is 0 Å². The molecule has 0 spiro atoms. The first kappa shape index (κ1) is 15.4. The molecule has 1 aromatic carbocycles. The maximum Gasteiger partial charge on any atom is 0.263 e. The van der Waals surface area contributed by atoms with Gasteiger partial charge >= 0.3 is 0 Å². The average Bonchev–Trinajstić information content (AvgIpc) is 2.95. The molecule has 1 heterocycles. The molecule has 0 aliphatic heterocycles. The summed E-state index contributed by atoms with van der Waals surface area (Å²) in [5, 5.41) is 9.06. The van der Waals surface area contributed by atoms with Crippen LogP contribution in [0, 0.1) is 0 Å². The minimum atomic E-state index is -3.60. The van der Waals surface area contributed by atoms with Crippen molar-refractivity contribution < 1.29 is 8.42 Å². The average molecular weight is 337 g/mol. The first-order valence-corrected chi connectivity index (χ1v) is 9.74. The fourth-order valence-corrected chi connectivity index (χ4v) is 4.59. The third-order valence-corrected chi connectivity index (χ3v) is 6.39. The predicted octanol–water partition coefficient (Wildman–Crippen LogP) is 3.34. The van der Waals surface area contributed by atoms with E-state index in [0.29, 0.717) is 10.0 Å². The van der Waals surface area contributed by atoms with Gasteiger partial charge in [0.15, 0.2) is 0 Å². The Kier molecular flexibility index (Phi) is 4.18. The van der Waals surface area contributed by atoms with Crippen molar-refractivity contribution in [2.75, 3.05) is 4.72 Å². The molecule has 1 aliphatic carbocycles. The van der Waals surface area contributed by atoms with Gasteiger partial charge in [0.05, 0.1) is 4.90 Å². The van der Waals surface area contributed by atoms with Gasteiger partial charge in [-0.05, 0) is 48.9 Å². The number of rotatable bonds is 4.